The number of carbonyl (C=O) groups excluding carboxylic acids is 1. The minimum Gasteiger partial charge on any atom is -0.394 e. The van der Waals surface area contributed by atoms with Gasteiger partial charge >= 0.3 is 0 Å². The van der Waals surface area contributed by atoms with Crippen molar-refractivity contribution in [2.45, 2.75) is 32.7 Å². The second-order valence-electron chi connectivity index (χ2n) is 3.81. The molecule has 0 aliphatic carbocycles. The summed E-state index contributed by atoms with van der Waals surface area (Å²) < 4.78 is 0. The van der Waals surface area contributed by atoms with Crippen LogP contribution in [0.25, 0.3) is 0 Å². The Kier molecular flexibility index (Phi) is 6.49. The first-order chi connectivity index (χ1) is 6.54. The van der Waals surface area contributed by atoms with E-state index in [1.807, 2.05) is 13.8 Å². The second kappa shape index (κ2) is 6.79. The average molecular weight is 202 g/mol. The first-order valence-electron chi connectivity index (χ1n) is 5.12. The number of nitrogens with zero attached hydrogens (tertiary/aromatic N) is 1. The predicted molar refractivity (Wildman–Crippen MR) is 56.8 cm³/mol. The molecule has 0 rings (SSSR count). The molecule has 2 atom stereocenters. The first kappa shape index (κ1) is 13.4. The predicted octanol–water partition coefficient (Wildman–Crippen LogP) is 0.201. The van der Waals surface area contributed by atoms with Crippen molar-refractivity contribution in [1.82, 2.24) is 4.90 Å². The van der Waals surface area contributed by atoms with Gasteiger partial charge in [-0.2, -0.15) is 0 Å². The van der Waals surface area contributed by atoms with Crippen LogP contribution >= 0.6 is 0 Å². The van der Waals surface area contributed by atoms with Gasteiger partial charge < -0.3 is 15.7 Å². The Morgan fingerprint density at radius 1 is 1.50 bits per heavy atom. The van der Waals surface area contributed by atoms with Gasteiger partial charge in [0.25, 0.3) is 0 Å². The largest absolute Gasteiger partial charge is 0.394 e. The summed E-state index contributed by atoms with van der Waals surface area (Å²) in [6.45, 7) is 4.36. The molecule has 84 valence electrons. The van der Waals surface area contributed by atoms with Gasteiger partial charge in [-0.1, -0.05) is 6.92 Å². The van der Waals surface area contributed by atoms with E-state index in [0.29, 0.717) is 6.54 Å². The number of rotatable bonds is 6. The fraction of sp³-hybridized carbons (Fsp3) is 0.900. The molecule has 0 radical (unpaired) electrons. The molecule has 0 aliphatic rings. The zero-order valence-corrected chi connectivity index (χ0v) is 9.36. The molecular formula is C10H22N2O2. The first-order valence-corrected chi connectivity index (χ1v) is 5.12. The van der Waals surface area contributed by atoms with Crippen molar-refractivity contribution in [2.24, 2.45) is 11.7 Å². The van der Waals surface area contributed by atoms with Crippen LogP contribution in [0.1, 0.15) is 26.7 Å². The normalized spacial score (nSPS) is 14.9. The fourth-order valence-corrected chi connectivity index (χ4v) is 1.23. The number of hydrogen-bond acceptors (Lipinski definition) is 3. The lowest BCUT2D eigenvalue weighted by Crippen LogP contribution is -2.40. The summed E-state index contributed by atoms with van der Waals surface area (Å²) in [5, 5.41) is 8.90. The highest BCUT2D eigenvalue weighted by Crippen LogP contribution is 2.10. The lowest BCUT2D eigenvalue weighted by molar-refractivity contribution is -0.136. The van der Waals surface area contributed by atoms with Crippen molar-refractivity contribution in [2.75, 3.05) is 20.2 Å². The molecule has 3 N–H and O–H groups in total. The summed E-state index contributed by atoms with van der Waals surface area (Å²) in [4.78, 5) is 13.3. The molecular weight excluding hydrogens is 180 g/mol. The number of aliphatic hydroxyl groups excluding tert-OH is 1. The van der Waals surface area contributed by atoms with Gasteiger partial charge in [0.15, 0.2) is 0 Å². The molecule has 2 unspecified atom stereocenters. The third kappa shape index (κ3) is 4.07. The Labute approximate surface area is 86.1 Å². The summed E-state index contributed by atoms with van der Waals surface area (Å²) >= 11 is 0. The van der Waals surface area contributed by atoms with E-state index in [2.05, 4.69) is 0 Å². The summed E-state index contributed by atoms with van der Waals surface area (Å²) in [5.41, 5.74) is 5.37. The number of nitrogens with two attached hydrogens (primary N) is 1. The summed E-state index contributed by atoms with van der Waals surface area (Å²) in [5.74, 6) is 0.0811. The van der Waals surface area contributed by atoms with Crippen LogP contribution in [0.4, 0.5) is 0 Å². The van der Waals surface area contributed by atoms with Crippen molar-refractivity contribution in [3.05, 3.63) is 0 Å². The van der Waals surface area contributed by atoms with Gasteiger partial charge in [0.2, 0.25) is 5.91 Å². The van der Waals surface area contributed by atoms with Crippen molar-refractivity contribution in [1.29, 1.82) is 0 Å². The maximum Gasteiger partial charge on any atom is 0.225 e. The summed E-state index contributed by atoms with van der Waals surface area (Å²) in [7, 11) is 1.72. The summed E-state index contributed by atoms with van der Waals surface area (Å²) in [6.07, 6.45) is 1.69. The van der Waals surface area contributed by atoms with Crippen molar-refractivity contribution in [3.8, 4) is 0 Å². The maximum atomic E-state index is 11.7. The SMILES string of the molecule is CC(CCCN)C(=O)N(C)C(C)CO. The van der Waals surface area contributed by atoms with Crippen molar-refractivity contribution < 1.29 is 9.90 Å². The van der Waals surface area contributed by atoms with Crippen LogP contribution in [0.15, 0.2) is 0 Å². The number of hydrogen-bond donors (Lipinski definition) is 2. The van der Waals surface area contributed by atoms with E-state index in [9.17, 15) is 4.79 Å². The molecule has 4 nitrogen and oxygen atoms in total. The van der Waals surface area contributed by atoms with E-state index in [4.69, 9.17) is 10.8 Å². The number of carbonyl (C=O) groups is 1. The van der Waals surface area contributed by atoms with Gasteiger partial charge in [0.05, 0.1) is 12.6 Å². The van der Waals surface area contributed by atoms with Crippen LogP contribution in [0.2, 0.25) is 0 Å². The Morgan fingerprint density at radius 3 is 2.50 bits per heavy atom. The van der Waals surface area contributed by atoms with Gasteiger partial charge in [-0.25, -0.2) is 0 Å². The van der Waals surface area contributed by atoms with Gasteiger partial charge in [0, 0.05) is 13.0 Å². The Balaban J connectivity index is 4.03. The quantitative estimate of drug-likeness (QED) is 0.646. The molecule has 0 fully saturated rings. The van der Waals surface area contributed by atoms with E-state index < -0.39 is 0 Å². The lowest BCUT2D eigenvalue weighted by atomic mass is 10.0. The van der Waals surface area contributed by atoms with E-state index in [0.717, 1.165) is 12.8 Å². The smallest absolute Gasteiger partial charge is 0.225 e. The van der Waals surface area contributed by atoms with Crippen LogP contribution in [-0.2, 0) is 4.79 Å². The highest BCUT2D eigenvalue weighted by molar-refractivity contribution is 5.78. The maximum absolute atomic E-state index is 11.7. The van der Waals surface area contributed by atoms with Crippen LogP contribution in [0.3, 0.4) is 0 Å². The molecule has 0 spiro atoms. The van der Waals surface area contributed by atoms with Crippen LogP contribution in [-0.4, -0.2) is 42.2 Å². The van der Waals surface area contributed by atoms with Crippen molar-refractivity contribution in [3.63, 3.8) is 0 Å². The third-order valence-corrected chi connectivity index (χ3v) is 2.54. The van der Waals surface area contributed by atoms with Gasteiger partial charge in [0.1, 0.15) is 0 Å². The Bertz CT molecular complexity index is 174. The number of likely N-dealkylation sites (N-methyl/N-ethyl adjacent to an activating group) is 1. The van der Waals surface area contributed by atoms with E-state index >= 15 is 0 Å². The van der Waals surface area contributed by atoms with E-state index in [1.165, 1.54) is 0 Å². The Morgan fingerprint density at radius 2 is 2.07 bits per heavy atom. The average Bonchev–Trinajstić information content (AvgIpc) is 2.22. The van der Waals surface area contributed by atoms with Crippen LogP contribution in [0, 0.1) is 5.92 Å². The zero-order chi connectivity index (χ0) is 11.1. The number of aliphatic hydroxyl groups is 1. The van der Waals surface area contributed by atoms with E-state index in [-0.39, 0.29) is 24.5 Å². The highest BCUT2D eigenvalue weighted by Gasteiger charge is 2.20. The third-order valence-electron chi connectivity index (χ3n) is 2.54. The molecule has 0 aromatic rings. The van der Waals surface area contributed by atoms with E-state index in [1.54, 1.807) is 11.9 Å². The molecule has 0 aromatic carbocycles. The molecule has 0 aliphatic heterocycles. The highest BCUT2D eigenvalue weighted by atomic mass is 16.3. The minimum absolute atomic E-state index is 0.00227. The molecule has 0 heterocycles. The van der Waals surface area contributed by atoms with Crippen molar-refractivity contribution >= 4 is 5.91 Å². The molecule has 0 saturated heterocycles. The molecule has 1 amide bonds. The Hall–Kier alpha value is -0.610. The van der Waals surface area contributed by atoms with Gasteiger partial charge in [-0.15, -0.1) is 0 Å². The lowest BCUT2D eigenvalue weighted by Gasteiger charge is -2.26. The second-order valence-corrected chi connectivity index (χ2v) is 3.81. The molecule has 0 aromatic heterocycles. The molecule has 14 heavy (non-hydrogen) atoms. The van der Waals surface area contributed by atoms with Crippen LogP contribution in [0.5, 0.6) is 0 Å². The standard InChI is InChI=1S/C10H22N2O2/c1-8(5-4-6-11)10(14)12(3)9(2)7-13/h8-9,13H,4-7,11H2,1-3H3. The molecule has 0 saturated carbocycles. The monoisotopic (exact) mass is 202 g/mol. The topological polar surface area (TPSA) is 66.6 Å². The summed E-state index contributed by atoms with van der Waals surface area (Å²) in [6, 6.07) is -0.108. The number of amides is 1. The fourth-order valence-electron chi connectivity index (χ4n) is 1.23. The minimum atomic E-state index is -0.108. The zero-order valence-electron chi connectivity index (χ0n) is 9.36. The van der Waals surface area contributed by atoms with Gasteiger partial charge in [-0.3, -0.25) is 4.79 Å². The van der Waals surface area contributed by atoms with Crippen LogP contribution < -0.4 is 5.73 Å². The van der Waals surface area contributed by atoms with Gasteiger partial charge in [-0.05, 0) is 26.3 Å². The molecule has 0 bridgehead atoms. The molecule has 4 heteroatoms.